The van der Waals surface area contributed by atoms with E-state index in [2.05, 4.69) is 20.5 Å². The van der Waals surface area contributed by atoms with E-state index in [1.807, 2.05) is 30.5 Å². The zero-order valence-corrected chi connectivity index (χ0v) is 12.6. The van der Waals surface area contributed by atoms with Gasteiger partial charge in [-0.15, -0.1) is 11.3 Å². The molecule has 2 aromatic heterocycles. The van der Waals surface area contributed by atoms with Crippen LogP contribution in [0.5, 0.6) is 0 Å². The second-order valence-electron chi connectivity index (χ2n) is 4.57. The van der Waals surface area contributed by atoms with Crippen LogP contribution >= 0.6 is 11.3 Å². The zero-order chi connectivity index (χ0) is 15.4. The molecular formula is C16H13FN4S. The molecule has 0 radical (unpaired) electrons. The number of hydrogen-bond donors (Lipinski definition) is 1. The summed E-state index contributed by atoms with van der Waals surface area (Å²) in [4.78, 5) is 8.66. The minimum atomic E-state index is -0.257. The van der Waals surface area contributed by atoms with Gasteiger partial charge in [-0.1, -0.05) is 6.07 Å². The Morgan fingerprint density at radius 1 is 1.18 bits per heavy atom. The molecule has 0 aliphatic rings. The summed E-state index contributed by atoms with van der Waals surface area (Å²) in [5.74, 6) is -0.257. The number of rotatable bonds is 4. The first-order chi connectivity index (χ1) is 10.7. The minimum absolute atomic E-state index is 0.257. The fraction of sp³-hybridized carbons (Fsp3) is 0.0625. The Morgan fingerprint density at radius 2 is 2.00 bits per heavy atom. The van der Waals surface area contributed by atoms with Gasteiger partial charge in [0.25, 0.3) is 0 Å². The molecule has 0 amide bonds. The summed E-state index contributed by atoms with van der Waals surface area (Å²) in [5, 5.41) is 6.86. The fourth-order valence-electron chi connectivity index (χ4n) is 1.84. The molecule has 0 aliphatic carbocycles. The van der Waals surface area contributed by atoms with Crippen LogP contribution in [0.4, 0.5) is 9.52 Å². The van der Waals surface area contributed by atoms with Gasteiger partial charge in [-0.2, -0.15) is 5.10 Å². The molecule has 0 unspecified atom stereocenters. The van der Waals surface area contributed by atoms with E-state index in [0.717, 1.165) is 22.7 Å². The Balaban J connectivity index is 1.73. The first kappa shape index (κ1) is 14.3. The standard InChI is InChI=1S/C16H13FN4S/c1-11(14-4-2-3-9-18-14)20-21-16-19-15(10-22-16)12-5-7-13(17)8-6-12/h2-10H,1H3,(H,19,21)/b20-11-. The first-order valence-corrected chi connectivity index (χ1v) is 7.53. The van der Waals surface area contributed by atoms with Crippen LogP contribution in [0.25, 0.3) is 11.3 Å². The summed E-state index contributed by atoms with van der Waals surface area (Å²) in [6.07, 6.45) is 1.73. The molecular weight excluding hydrogens is 299 g/mol. The number of halogens is 1. The summed E-state index contributed by atoms with van der Waals surface area (Å²) in [5.41, 5.74) is 6.17. The van der Waals surface area contributed by atoms with Gasteiger partial charge in [0.15, 0.2) is 0 Å². The van der Waals surface area contributed by atoms with E-state index in [1.165, 1.54) is 23.5 Å². The number of anilines is 1. The number of hydrazone groups is 1. The average molecular weight is 312 g/mol. The third kappa shape index (κ3) is 3.35. The minimum Gasteiger partial charge on any atom is -0.255 e. The molecule has 0 fully saturated rings. The van der Waals surface area contributed by atoms with Crippen LogP contribution in [0, 0.1) is 5.82 Å². The highest BCUT2D eigenvalue weighted by Gasteiger charge is 2.05. The van der Waals surface area contributed by atoms with E-state index in [-0.39, 0.29) is 5.82 Å². The lowest BCUT2D eigenvalue weighted by Gasteiger charge is -1.99. The maximum Gasteiger partial charge on any atom is 0.203 e. The Kier molecular flexibility index (Phi) is 4.20. The number of thiazole rings is 1. The van der Waals surface area contributed by atoms with Gasteiger partial charge in [-0.3, -0.25) is 10.4 Å². The predicted octanol–water partition coefficient (Wildman–Crippen LogP) is 4.18. The smallest absolute Gasteiger partial charge is 0.203 e. The van der Waals surface area contributed by atoms with Gasteiger partial charge in [-0.25, -0.2) is 9.37 Å². The fourth-order valence-corrected chi connectivity index (χ4v) is 2.51. The Hall–Kier alpha value is -2.60. The van der Waals surface area contributed by atoms with Gasteiger partial charge >= 0.3 is 0 Å². The lowest BCUT2D eigenvalue weighted by atomic mass is 10.2. The number of nitrogens with one attached hydrogen (secondary N) is 1. The molecule has 0 saturated heterocycles. The van der Waals surface area contributed by atoms with Crippen molar-refractivity contribution >= 4 is 22.2 Å². The largest absolute Gasteiger partial charge is 0.255 e. The molecule has 22 heavy (non-hydrogen) atoms. The number of hydrogen-bond acceptors (Lipinski definition) is 5. The molecule has 0 aliphatic heterocycles. The highest BCUT2D eigenvalue weighted by atomic mass is 32.1. The molecule has 3 rings (SSSR count). The van der Waals surface area contributed by atoms with Crippen molar-refractivity contribution in [3.63, 3.8) is 0 Å². The van der Waals surface area contributed by atoms with Crippen LogP contribution in [0.2, 0.25) is 0 Å². The topological polar surface area (TPSA) is 50.2 Å². The molecule has 1 aromatic carbocycles. The molecule has 0 saturated carbocycles. The van der Waals surface area contributed by atoms with Crippen LogP contribution in [-0.2, 0) is 0 Å². The second-order valence-corrected chi connectivity index (χ2v) is 5.43. The van der Waals surface area contributed by atoms with Crippen LogP contribution in [0.15, 0.2) is 59.1 Å². The molecule has 2 heterocycles. The Labute approximate surface area is 131 Å². The Bertz CT molecular complexity index is 781. The predicted molar refractivity (Wildman–Crippen MR) is 87.6 cm³/mol. The van der Waals surface area contributed by atoms with E-state index >= 15 is 0 Å². The Morgan fingerprint density at radius 3 is 2.73 bits per heavy atom. The van der Waals surface area contributed by atoms with E-state index in [4.69, 9.17) is 0 Å². The van der Waals surface area contributed by atoms with Crippen LogP contribution < -0.4 is 5.43 Å². The van der Waals surface area contributed by atoms with Crippen molar-refractivity contribution in [2.75, 3.05) is 5.43 Å². The van der Waals surface area contributed by atoms with Crippen LogP contribution in [0.1, 0.15) is 12.6 Å². The lowest BCUT2D eigenvalue weighted by Crippen LogP contribution is -2.01. The zero-order valence-electron chi connectivity index (χ0n) is 11.8. The lowest BCUT2D eigenvalue weighted by molar-refractivity contribution is 0.628. The van der Waals surface area contributed by atoms with Crippen molar-refractivity contribution in [3.8, 4) is 11.3 Å². The summed E-state index contributed by atoms with van der Waals surface area (Å²) in [6, 6.07) is 11.9. The molecule has 0 spiro atoms. The molecule has 4 nitrogen and oxygen atoms in total. The summed E-state index contributed by atoms with van der Waals surface area (Å²) in [6.45, 7) is 1.88. The monoisotopic (exact) mass is 312 g/mol. The molecule has 6 heteroatoms. The van der Waals surface area contributed by atoms with Gasteiger partial charge < -0.3 is 0 Å². The van der Waals surface area contributed by atoms with Crippen molar-refractivity contribution in [2.45, 2.75) is 6.92 Å². The van der Waals surface area contributed by atoms with E-state index in [9.17, 15) is 4.39 Å². The van der Waals surface area contributed by atoms with Crippen LogP contribution in [0.3, 0.4) is 0 Å². The summed E-state index contributed by atoms with van der Waals surface area (Å²) < 4.78 is 12.9. The van der Waals surface area contributed by atoms with Gasteiger partial charge in [0.05, 0.1) is 17.1 Å². The highest BCUT2D eigenvalue weighted by molar-refractivity contribution is 7.14. The molecule has 0 bridgehead atoms. The normalized spacial score (nSPS) is 11.5. The number of nitrogens with zero attached hydrogens (tertiary/aromatic N) is 3. The van der Waals surface area contributed by atoms with Gasteiger partial charge in [0.2, 0.25) is 5.13 Å². The highest BCUT2D eigenvalue weighted by Crippen LogP contribution is 2.25. The van der Waals surface area contributed by atoms with Crippen molar-refractivity contribution in [3.05, 3.63) is 65.6 Å². The van der Waals surface area contributed by atoms with E-state index < -0.39 is 0 Å². The average Bonchev–Trinajstić information content (AvgIpc) is 3.03. The summed E-state index contributed by atoms with van der Waals surface area (Å²) >= 11 is 1.44. The van der Waals surface area contributed by atoms with E-state index in [1.54, 1.807) is 18.3 Å². The SMILES string of the molecule is C/C(=N/Nc1nc(-c2ccc(F)cc2)cs1)c1ccccn1. The maximum absolute atomic E-state index is 12.9. The van der Waals surface area contributed by atoms with Gasteiger partial charge in [-0.05, 0) is 43.3 Å². The number of benzene rings is 1. The van der Waals surface area contributed by atoms with Crippen LogP contribution in [-0.4, -0.2) is 15.7 Å². The maximum atomic E-state index is 12.9. The van der Waals surface area contributed by atoms with Gasteiger partial charge in [0, 0.05) is 17.1 Å². The molecule has 3 aromatic rings. The van der Waals surface area contributed by atoms with E-state index in [0.29, 0.717) is 5.13 Å². The number of pyridine rings is 1. The number of aromatic nitrogens is 2. The van der Waals surface area contributed by atoms with Crippen molar-refractivity contribution in [1.82, 2.24) is 9.97 Å². The van der Waals surface area contributed by atoms with Crippen molar-refractivity contribution in [1.29, 1.82) is 0 Å². The molecule has 0 atom stereocenters. The van der Waals surface area contributed by atoms with Crippen molar-refractivity contribution in [2.24, 2.45) is 5.10 Å². The third-order valence-electron chi connectivity index (χ3n) is 3.00. The quantitative estimate of drug-likeness (QED) is 0.581. The van der Waals surface area contributed by atoms with Gasteiger partial charge in [0.1, 0.15) is 5.82 Å². The summed E-state index contributed by atoms with van der Waals surface area (Å²) in [7, 11) is 0. The molecule has 1 N–H and O–H groups in total. The molecule has 110 valence electrons. The van der Waals surface area contributed by atoms with Crippen molar-refractivity contribution < 1.29 is 4.39 Å². The third-order valence-corrected chi connectivity index (χ3v) is 3.75. The second kappa shape index (κ2) is 6.44. The first-order valence-electron chi connectivity index (χ1n) is 6.65.